The highest BCUT2D eigenvalue weighted by molar-refractivity contribution is 5.75. The number of rotatable bonds is 7. The normalized spacial score (nSPS) is 20.0. The van der Waals surface area contributed by atoms with Gasteiger partial charge in [0.15, 0.2) is 0 Å². The van der Waals surface area contributed by atoms with E-state index in [-0.39, 0.29) is 18.7 Å². The number of fused-ring (bicyclic) bond motifs is 1. The largest absolute Gasteiger partial charge is 0.396 e. The van der Waals surface area contributed by atoms with Crippen molar-refractivity contribution in [1.29, 1.82) is 0 Å². The average molecular weight is 316 g/mol. The summed E-state index contributed by atoms with van der Waals surface area (Å²) in [6.45, 7) is 1.51. The standard InChI is InChI=1S/C19H28N2O2/c22-14-4-13-21(19(23)20-12-11-15-5-3-6-15)18-10-9-16-7-1-2-8-17(16)18/h1-2,7-8,15,18,22H,3-6,9-14H2,(H,20,23). The molecular formula is C19H28N2O2. The van der Waals surface area contributed by atoms with Crippen molar-refractivity contribution in [3.8, 4) is 0 Å². The number of amides is 2. The molecular weight excluding hydrogens is 288 g/mol. The molecule has 3 rings (SSSR count). The zero-order valence-corrected chi connectivity index (χ0v) is 13.8. The second-order valence-electron chi connectivity index (χ2n) is 6.84. The fourth-order valence-electron chi connectivity index (χ4n) is 3.76. The molecule has 1 atom stereocenters. The Morgan fingerprint density at radius 3 is 2.83 bits per heavy atom. The van der Waals surface area contributed by atoms with Crippen molar-refractivity contribution < 1.29 is 9.90 Å². The van der Waals surface area contributed by atoms with Gasteiger partial charge in [0, 0.05) is 19.7 Å². The van der Waals surface area contributed by atoms with Crippen LogP contribution < -0.4 is 5.32 Å². The second-order valence-corrected chi connectivity index (χ2v) is 6.84. The third kappa shape index (κ3) is 3.86. The first-order valence-electron chi connectivity index (χ1n) is 9.02. The van der Waals surface area contributed by atoms with E-state index in [4.69, 9.17) is 5.11 Å². The third-order valence-electron chi connectivity index (χ3n) is 5.35. The van der Waals surface area contributed by atoms with Gasteiger partial charge < -0.3 is 15.3 Å². The molecule has 0 radical (unpaired) electrons. The van der Waals surface area contributed by atoms with Gasteiger partial charge in [-0.25, -0.2) is 4.79 Å². The minimum absolute atomic E-state index is 0.0273. The predicted molar refractivity (Wildman–Crippen MR) is 91.3 cm³/mol. The number of carbonyl (C=O) groups excluding carboxylic acids is 1. The van der Waals surface area contributed by atoms with E-state index in [9.17, 15) is 4.79 Å². The van der Waals surface area contributed by atoms with Crippen LogP contribution in [0.25, 0.3) is 0 Å². The Bertz CT molecular complexity index is 528. The summed E-state index contributed by atoms with van der Waals surface area (Å²) in [7, 11) is 0. The lowest BCUT2D eigenvalue weighted by molar-refractivity contribution is 0.163. The van der Waals surface area contributed by atoms with Crippen molar-refractivity contribution in [3.63, 3.8) is 0 Å². The number of benzene rings is 1. The molecule has 126 valence electrons. The zero-order chi connectivity index (χ0) is 16.1. The number of aliphatic hydroxyl groups is 1. The van der Waals surface area contributed by atoms with Crippen LogP contribution in [0.4, 0.5) is 4.79 Å². The molecule has 4 heteroatoms. The highest BCUT2D eigenvalue weighted by Gasteiger charge is 2.30. The highest BCUT2D eigenvalue weighted by Crippen LogP contribution is 2.35. The monoisotopic (exact) mass is 316 g/mol. The lowest BCUT2D eigenvalue weighted by atomic mass is 9.83. The number of hydrogen-bond acceptors (Lipinski definition) is 2. The summed E-state index contributed by atoms with van der Waals surface area (Å²) < 4.78 is 0. The molecule has 1 aromatic rings. The van der Waals surface area contributed by atoms with Gasteiger partial charge in [-0.2, -0.15) is 0 Å². The van der Waals surface area contributed by atoms with Crippen LogP contribution in [0, 0.1) is 5.92 Å². The van der Waals surface area contributed by atoms with E-state index in [1.54, 1.807) is 0 Å². The number of nitrogens with one attached hydrogen (secondary N) is 1. The Balaban J connectivity index is 1.61. The minimum atomic E-state index is 0.0273. The Morgan fingerprint density at radius 2 is 2.09 bits per heavy atom. The van der Waals surface area contributed by atoms with E-state index < -0.39 is 0 Å². The molecule has 2 aliphatic rings. The SMILES string of the molecule is O=C(NCCC1CCC1)N(CCCO)C1CCc2ccccc21. The van der Waals surface area contributed by atoms with Crippen LogP contribution in [-0.2, 0) is 6.42 Å². The number of aliphatic hydroxyl groups excluding tert-OH is 1. The van der Waals surface area contributed by atoms with Gasteiger partial charge in [0.2, 0.25) is 0 Å². The van der Waals surface area contributed by atoms with Gasteiger partial charge in [-0.1, -0.05) is 43.5 Å². The van der Waals surface area contributed by atoms with Crippen molar-refractivity contribution >= 4 is 6.03 Å². The van der Waals surface area contributed by atoms with Crippen LogP contribution >= 0.6 is 0 Å². The van der Waals surface area contributed by atoms with Crippen molar-refractivity contribution in [2.75, 3.05) is 19.7 Å². The molecule has 2 aliphatic carbocycles. The Kier molecular flexibility index (Phi) is 5.55. The molecule has 1 aromatic carbocycles. The van der Waals surface area contributed by atoms with Gasteiger partial charge in [-0.05, 0) is 42.7 Å². The smallest absolute Gasteiger partial charge is 0.317 e. The number of carbonyl (C=O) groups is 1. The van der Waals surface area contributed by atoms with E-state index in [2.05, 4.69) is 29.6 Å². The Hall–Kier alpha value is -1.55. The second kappa shape index (κ2) is 7.82. The summed E-state index contributed by atoms with van der Waals surface area (Å²) in [5.41, 5.74) is 2.63. The van der Waals surface area contributed by atoms with Crippen molar-refractivity contribution in [1.82, 2.24) is 10.2 Å². The van der Waals surface area contributed by atoms with Gasteiger partial charge in [0.05, 0.1) is 6.04 Å². The van der Waals surface area contributed by atoms with Crippen molar-refractivity contribution in [2.45, 2.75) is 51.0 Å². The topological polar surface area (TPSA) is 52.6 Å². The number of hydrogen-bond donors (Lipinski definition) is 2. The fraction of sp³-hybridized carbons (Fsp3) is 0.632. The van der Waals surface area contributed by atoms with Crippen LogP contribution in [0.15, 0.2) is 24.3 Å². The summed E-state index contributed by atoms with van der Waals surface area (Å²) in [5, 5.41) is 12.3. The molecule has 1 saturated carbocycles. The molecule has 0 aromatic heterocycles. The summed E-state index contributed by atoms with van der Waals surface area (Å²) in [6.07, 6.45) is 7.74. The maximum absolute atomic E-state index is 12.7. The van der Waals surface area contributed by atoms with Crippen LogP contribution in [0.5, 0.6) is 0 Å². The summed E-state index contributed by atoms with van der Waals surface area (Å²) in [5.74, 6) is 0.813. The summed E-state index contributed by atoms with van der Waals surface area (Å²) in [4.78, 5) is 14.6. The predicted octanol–water partition coefficient (Wildman–Crippen LogP) is 3.26. The summed E-state index contributed by atoms with van der Waals surface area (Å²) in [6, 6.07) is 8.60. The highest BCUT2D eigenvalue weighted by atomic mass is 16.3. The molecule has 1 unspecified atom stereocenters. The quantitative estimate of drug-likeness (QED) is 0.811. The zero-order valence-electron chi connectivity index (χ0n) is 13.8. The first-order valence-corrected chi connectivity index (χ1v) is 9.02. The van der Waals surface area contributed by atoms with E-state index in [0.717, 1.165) is 31.7 Å². The minimum Gasteiger partial charge on any atom is -0.396 e. The van der Waals surface area contributed by atoms with Gasteiger partial charge in [-0.15, -0.1) is 0 Å². The van der Waals surface area contributed by atoms with Gasteiger partial charge in [0.25, 0.3) is 0 Å². The van der Waals surface area contributed by atoms with Gasteiger partial charge in [-0.3, -0.25) is 0 Å². The van der Waals surface area contributed by atoms with E-state index >= 15 is 0 Å². The van der Waals surface area contributed by atoms with E-state index in [0.29, 0.717) is 13.0 Å². The fourth-order valence-corrected chi connectivity index (χ4v) is 3.76. The van der Waals surface area contributed by atoms with Crippen molar-refractivity contribution in [2.24, 2.45) is 5.92 Å². The van der Waals surface area contributed by atoms with Crippen molar-refractivity contribution in [3.05, 3.63) is 35.4 Å². The van der Waals surface area contributed by atoms with Gasteiger partial charge >= 0.3 is 6.03 Å². The summed E-state index contributed by atoms with van der Waals surface area (Å²) >= 11 is 0. The van der Waals surface area contributed by atoms with Crippen LogP contribution in [0.2, 0.25) is 0 Å². The molecule has 23 heavy (non-hydrogen) atoms. The first kappa shape index (κ1) is 16.3. The molecule has 1 fully saturated rings. The van der Waals surface area contributed by atoms with E-state index in [1.165, 1.54) is 30.4 Å². The lowest BCUT2D eigenvalue weighted by Crippen LogP contribution is -2.43. The molecule has 4 nitrogen and oxygen atoms in total. The molecule has 2 N–H and O–H groups in total. The van der Waals surface area contributed by atoms with Gasteiger partial charge in [0.1, 0.15) is 0 Å². The average Bonchev–Trinajstić information content (AvgIpc) is 2.94. The number of nitrogens with zero attached hydrogens (tertiary/aromatic N) is 1. The molecule has 0 bridgehead atoms. The number of aryl methyl sites for hydroxylation is 1. The van der Waals surface area contributed by atoms with Crippen LogP contribution in [-0.4, -0.2) is 35.7 Å². The molecule has 0 aliphatic heterocycles. The Morgan fingerprint density at radius 1 is 1.26 bits per heavy atom. The molecule has 0 saturated heterocycles. The third-order valence-corrected chi connectivity index (χ3v) is 5.35. The molecule has 2 amide bonds. The first-order chi connectivity index (χ1) is 11.3. The maximum atomic E-state index is 12.7. The van der Waals surface area contributed by atoms with Crippen LogP contribution in [0.3, 0.4) is 0 Å². The maximum Gasteiger partial charge on any atom is 0.317 e. The molecule has 0 spiro atoms. The number of urea groups is 1. The lowest BCUT2D eigenvalue weighted by Gasteiger charge is -2.31. The van der Waals surface area contributed by atoms with E-state index in [1.807, 2.05) is 4.90 Å². The Labute approximate surface area is 138 Å². The molecule has 0 heterocycles. The van der Waals surface area contributed by atoms with Crippen LogP contribution in [0.1, 0.15) is 55.7 Å².